The van der Waals surface area contributed by atoms with Gasteiger partial charge >= 0.3 is 0 Å². The van der Waals surface area contributed by atoms with Gasteiger partial charge in [-0.1, -0.05) is 60.7 Å². The molecule has 142 valence electrons. The number of benzene rings is 3. The third-order valence-corrected chi connectivity index (χ3v) is 5.51. The van der Waals surface area contributed by atoms with E-state index in [1.807, 2.05) is 36.4 Å². The topological polar surface area (TPSA) is 55.7 Å². The average Bonchev–Trinajstić information content (AvgIpc) is 2.73. The molecule has 0 aromatic heterocycles. The van der Waals surface area contributed by atoms with Crippen molar-refractivity contribution in [1.29, 1.82) is 0 Å². The average molecular weight is 391 g/mol. The zero-order valence-corrected chi connectivity index (χ0v) is 16.2. The molecule has 1 aliphatic heterocycles. The molecule has 0 aliphatic carbocycles. The zero-order chi connectivity index (χ0) is 19.5. The van der Waals surface area contributed by atoms with Gasteiger partial charge < -0.3 is 20.4 Å². The Labute approximate surface area is 170 Å². The molecule has 0 saturated heterocycles. The van der Waals surface area contributed by atoms with Crippen LogP contribution in [0.1, 0.15) is 28.3 Å². The number of phenolic OH excluding ortho intramolecular Hbond substituents is 2. The third-order valence-electron chi connectivity index (χ3n) is 5.13. The fourth-order valence-electron chi connectivity index (χ4n) is 3.73. The van der Waals surface area contributed by atoms with Crippen molar-refractivity contribution in [2.75, 3.05) is 6.54 Å². The van der Waals surface area contributed by atoms with Crippen molar-refractivity contribution in [2.45, 2.75) is 19.0 Å². The van der Waals surface area contributed by atoms with Gasteiger partial charge in [-0.15, -0.1) is 0 Å². The summed E-state index contributed by atoms with van der Waals surface area (Å²) in [6.45, 7) is 1.39. The number of phenols is 2. The minimum absolute atomic E-state index is 0.0798. The fraction of sp³-hybridized carbons (Fsp3) is 0.174. The molecule has 28 heavy (non-hydrogen) atoms. The lowest BCUT2D eigenvalue weighted by molar-refractivity contribution is 0.329. The Hall–Kier alpha value is -3.05. The molecular formula is C23H22N2O2S. The van der Waals surface area contributed by atoms with Crippen LogP contribution in [-0.2, 0) is 13.0 Å². The van der Waals surface area contributed by atoms with Crippen molar-refractivity contribution in [3.8, 4) is 11.5 Å². The number of thiocarbonyl (C=S) groups is 1. The van der Waals surface area contributed by atoms with Crippen LogP contribution in [0.15, 0.2) is 72.8 Å². The minimum Gasteiger partial charge on any atom is -0.504 e. The van der Waals surface area contributed by atoms with E-state index in [1.54, 1.807) is 12.1 Å². The van der Waals surface area contributed by atoms with E-state index in [9.17, 15) is 10.2 Å². The SMILES string of the molecule is Oc1cc2c(cc1O)[C@@H](c1ccccc1)N(C(=S)NCc1ccccc1)CC2. The summed E-state index contributed by atoms with van der Waals surface area (Å²) in [6, 6.07) is 23.5. The lowest BCUT2D eigenvalue weighted by Gasteiger charge is -2.39. The standard InChI is InChI=1S/C23H22N2O2S/c26-20-13-18-11-12-25(23(28)24-15-16-7-3-1-4-8-16)22(19(18)14-21(20)27)17-9-5-2-6-10-17/h1-10,13-14,22,26-27H,11-12,15H2,(H,24,28)/t22-/m1/s1. The van der Waals surface area contributed by atoms with Crippen molar-refractivity contribution in [1.82, 2.24) is 10.2 Å². The normalized spacial score (nSPS) is 15.7. The zero-order valence-electron chi connectivity index (χ0n) is 15.4. The Kier molecular flexibility index (Phi) is 5.17. The van der Waals surface area contributed by atoms with Crippen LogP contribution >= 0.6 is 12.2 Å². The maximum absolute atomic E-state index is 10.1. The van der Waals surface area contributed by atoms with E-state index in [1.165, 1.54) is 5.56 Å². The van der Waals surface area contributed by atoms with Gasteiger partial charge in [-0.2, -0.15) is 0 Å². The summed E-state index contributed by atoms with van der Waals surface area (Å²) < 4.78 is 0. The maximum atomic E-state index is 10.1. The molecule has 5 heteroatoms. The number of nitrogens with one attached hydrogen (secondary N) is 1. The maximum Gasteiger partial charge on any atom is 0.170 e. The Morgan fingerprint density at radius 2 is 1.61 bits per heavy atom. The Balaban J connectivity index is 1.66. The number of aromatic hydroxyl groups is 2. The predicted molar refractivity (Wildman–Crippen MR) is 114 cm³/mol. The number of hydrogen-bond acceptors (Lipinski definition) is 3. The van der Waals surface area contributed by atoms with E-state index in [0.717, 1.165) is 29.7 Å². The molecule has 4 nitrogen and oxygen atoms in total. The molecule has 0 spiro atoms. The van der Waals surface area contributed by atoms with E-state index < -0.39 is 0 Å². The lowest BCUT2D eigenvalue weighted by atomic mass is 9.88. The summed E-state index contributed by atoms with van der Waals surface area (Å²) in [5.74, 6) is -0.187. The Bertz CT molecular complexity index is 977. The van der Waals surface area contributed by atoms with Gasteiger partial charge in [0.05, 0.1) is 6.04 Å². The molecule has 1 aliphatic rings. The first-order valence-corrected chi connectivity index (χ1v) is 9.72. The summed E-state index contributed by atoms with van der Waals surface area (Å²) in [7, 11) is 0. The molecule has 1 heterocycles. The quantitative estimate of drug-likeness (QED) is 0.464. The van der Waals surface area contributed by atoms with E-state index in [-0.39, 0.29) is 17.5 Å². The molecule has 4 rings (SSSR count). The molecule has 3 aromatic rings. The van der Waals surface area contributed by atoms with E-state index in [0.29, 0.717) is 11.7 Å². The second kappa shape index (κ2) is 7.90. The Morgan fingerprint density at radius 3 is 2.32 bits per heavy atom. The van der Waals surface area contributed by atoms with Crippen LogP contribution in [0, 0.1) is 0 Å². The van der Waals surface area contributed by atoms with Crippen LogP contribution in [-0.4, -0.2) is 26.8 Å². The molecule has 0 saturated carbocycles. The molecule has 0 unspecified atom stereocenters. The highest BCUT2D eigenvalue weighted by Gasteiger charge is 2.31. The van der Waals surface area contributed by atoms with Crippen LogP contribution < -0.4 is 5.32 Å². The molecule has 3 aromatic carbocycles. The monoisotopic (exact) mass is 390 g/mol. The largest absolute Gasteiger partial charge is 0.504 e. The first-order chi connectivity index (χ1) is 13.6. The van der Waals surface area contributed by atoms with Gasteiger partial charge in [0.1, 0.15) is 0 Å². The van der Waals surface area contributed by atoms with Crippen LogP contribution in [0.3, 0.4) is 0 Å². The van der Waals surface area contributed by atoms with E-state index >= 15 is 0 Å². The van der Waals surface area contributed by atoms with Gasteiger partial charge in [0.25, 0.3) is 0 Å². The van der Waals surface area contributed by atoms with Gasteiger partial charge in [-0.25, -0.2) is 0 Å². The molecular weight excluding hydrogens is 368 g/mol. The first kappa shape index (κ1) is 18.3. The summed E-state index contributed by atoms with van der Waals surface area (Å²) in [5, 5.41) is 24.1. The minimum atomic E-state index is -0.118. The third kappa shape index (κ3) is 3.66. The summed E-state index contributed by atoms with van der Waals surface area (Å²) in [6.07, 6.45) is 0.750. The molecule has 0 fully saturated rings. The second-order valence-electron chi connectivity index (χ2n) is 6.94. The molecule has 0 amide bonds. The highest BCUT2D eigenvalue weighted by molar-refractivity contribution is 7.80. The van der Waals surface area contributed by atoms with Gasteiger partial charge in [-0.05, 0) is 53.0 Å². The number of nitrogens with zero attached hydrogens (tertiary/aromatic N) is 1. The van der Waals surface area contributed by atoms with Crippen molar-refractivity contribution >= 4 is 17.3 Å². The van der Waals surface area contributed by atoms with E-state index in [4.69, 9.17) is 12.2 Å². The predicted octanol–water partition coefficient (Wildman–Crippen LogP) is 4.12. The fourth-order valence-corrected chi connectivity index (χ4v) is 4.00. The van der Waals surface area contributed by atoms with Crippen molar-refractivity contribution in [3.63, 3.8) is 0 Å². The van der Waals surface area contributed by atoms with Gasteiger partial charge in [0.15, 0.2) is 16.6 Å². The van der Waals surface area contributed by atoms with Crippen LogP contribution in [0.2, 0.25) is 0 Å². The molecule has 0 bridgehead atoms. The first-order valence-electron chi connectivity index (χ1n) is 9.31. The van der Waals surface area contributed by atoms with Crippen LogP contribution in [0.4, 0.5) is 0 Å². The Morgan fingerprint density at radius 1 is 0.964 bits per heavy atom. The highest BCUT2D eigenvalue weighted by atomic mass is 32.1. The second-order valence-corrected chi connectivity index (χ2v) is 7.33. The van der Waals surface area contributed by atoms with Gasteiger partial charge in [-0.3, -0.25) is 0 Å². The number of fused-ring (bicyclic) bond motifs is 1. The molecule has 0 radical (unpaired) electrons. The van der Waals surface area contributed by atoms with Crippen molar-refractivity contribution in [3.05, 3.63) is 95.1 Å². The van der Waals surface area contributed by atoms with Crippen molar-refractivity contribution < 1.29 is 10.2 Å². The highest BCUT2D eigenvalue weighted by Crippen LogP contribution is 2.40. The number of rotatable bonds is 3. The lowest BCUT2D eigenvalue weighted by Crippen LogP contribution is -2.45. The van der Waals surface area contributed by atoms with Crippen molar-refractivity contribution in [2.24, 2.45) is 0 Å². The van der Waals surface area contributed by atoms with Crippen LogP contribution in [0.25, 0.3) is 0 Å². The van der Waals surface area contributed by atoms with Crippen LogP contribution in [0.5, 0.6) is 11.5 Å². The summed E-state index contributed by atoms with van der Waals surface area (Å²) in [4.78, 5) is 2.16. The van der Waals surface area contributed by atoms with Gasteiger partial charge in [0, 0.05) is 13.1 Å². The summed E-state index contributed by atoms with van der Waals surface area (Å²) in [5.41, 5.74) is 4.27. The van der Waals surface area contributed by atoms with E-state index in [2.05, 4.69) is 34.5 Å². The molecule has 3 N–H and O–H groups in total. The van der Waals surface area contributed by atoms with Gasteiger partial charge in [0.2, 0.25) is 0 Å². The number of hydrogen-bond donors (Lipinski definition) is 3. The smallest absolute Gasteiger partial charge is 0.170 e. The summed E-state index contributed by atoms with van der Waals surface area (Å²) >= 11 is 5.74. The molecule has 1 atom stereocenters.